The highest BCUT2D eigenvalue weighted by atomic mass is 16.7. The summed E-state index contributed by atoms with van der Waals surface area (Å²) < 4.78 is 15.9. The molecule has 8 heteroatoms. The Labute approximate surface area is 194 Å². The smallest absolute Gasteiger partial charge is 0.336 e. The van der Waals surface area contributed by atoms with E-state index in [1.807, 2.05) is 6.08 Å². The first kappa shape index (κ1) is 24.4. The van der Waals surface area contributed by atoms with E-state index in [2.05, 4.69) is 20.8 Å². The molecule has 4 aliphatic rings. The highest BCUT2D eigenvalue weighted by Crippen LogP contribution is 2.62. The first-order valence-electron chi connectivity index (χ1n) is 12.0. The van der Waals surface area contributed by atoms with Crippen molar-refractivity contribution in [3.8, 4) is 0 Å². The first-order chi connectivity index (χ1) is 15.6. The van der Waals surface area contributed by atoms with Crippen molar-refractivity contribution in [2.75, 3.05) is 13.2 Å². The van der Waals surface area contributed by atoms with Crippen LogP contribution in [-0.2, 0) is 23.8 Å². The maximum absolute atomic E-state index is 13.3. The standard InChI is InChI=1S/C25H36O8/c1-14-7-9-25(3)16(22(30)33-23-21(29)20(28)17(26)13-32-23)5-4-6-18(25)24(14,2)10-8-15-11-19(27)31-12-15/h5,11,14,17-18,20-21,23,26,28-29H,4,6-10,12-13H2,1-3H3/t14-,17-,18-,20-,21+,23-,24+,25-/m0/s1. The van der Waals surface area contributed by atoms with E-state index in [1.165, 1.54) is 0 Å². The SMILES string of the molecule is C[C@H]1CC[C@@]2(C)C(C(=O)O[C@@H]3OC[C@H](O)[C@H](O)[C@H]3O)=CCC[C@H]2[C@]1(C)CCC1=CC(=O)OC1. The van der Waals surface area contributed by atoms with Crippen molar-refractivity contribution in [2.45, 2.75) is 83.9 Å². The fraction of sp³-hybridized carbons (Fsp3) is 0.760. The largest absolute Gasteiger partial charge is 0.458 e. The van der Waals surface area contributed by atoms with Gasteiger partial charge in [-0.25, -0.2) is 9.59 Å². The Bertz CT molecular complexity index is 849. The molecule has 33 heavy (non-hydrogen) atoms. The Balaban J connectivity index is 1.51. The minimum atomic E-state index is -1.51. The maximum atomic E-state index is 13.3. The van der Waals surface area contributed by atoms with Crippen LogP contribution < -0.4 is 0 Å². The minimum absolute atomic E-state index is 0.0274. The zero-order valence-corrected chi connectivity index (χ0v) is 19.7. The van der Waals surface area contributed by atoms with Crippen molar-refractivity contribution < 1.29 is 39.1 Å². The van der Waals surface area contributed by atoms with E-state index in [1.54, 1.807) is 6.08 Å². The summed E-state index contributed by atoms with van der Waals surface area (Å²) >= 11 is 0. The number of carbonyl (C=O) groups excluding carboxylic acids is 2. The molecule has 2 aliphatic carbocycles. The summed E-state index contributed by atoms with van der Waals surface area (Å²) in [4.78, 5) is 24.7. The van der Waals surface area contributed by atoms with Gasteiger partial charge in [0.05, 0.1) is 6.61 Å². The minimum Gasteiger partial charge on any atom is -0.458 e. The monoisotopic (exact) mass is 464 g/mol. The molecule has 3 N–H and O–H groups in total. The van der Waals surface area contributed by atoms with Crippen LogP contribution in [0.1, 0.15) is 59.3 Å². The van der Waals surface area contributed by atoms with Crippen molar-refractivity contribution in [1.82, 2.24) is 0 Å². The van der Waals surface area contributed by atoms with Gasteiger partial charge in [0.15, 0.2) is 0 Å². The normalized spacial score (nSPS) is 43.3. The molecule has 1 saturated heterocycles. The molecule has 0 spiro atoms. The number of allylic oxidation sites excluding steroid dienone is 1. The van der Waals surface area contributed by atoms with Gasteiger partial charge in [0.2, 0.25) is 6.29 Å². The molecular weight excluding hydrogens is 428 g/mol. The van der Waals surface area contributed by atoms with Crippen molar-refractivity contribution in [3.63, 3.8) is 0 Å². The molecule has 0 radical (unpaired) electrons. The van der Waals surface area contributed by atoms with Gasteiger partial charge in [-0.1, -0.05) is 26.8 Å². The van der Waals surface area contributed by atoms with Crippen LogP contribution in [0.25, 0.3) is 0 Å². The molecule has 2 fully saturated rings. The number of hydrogen-bond donors (Lipinski definition) is 3. The van der Waals surface area contributed by atoms with Crippen LogP contribution in [0.2, 0.25) is 0 Å². The van der Waals surface area contributed by atoms with E-state index in [0.29, 0.717) is 18.1 Å². The Morgan fingerprint density at radius 3 is 2.67 bits per heavy atom. The van der Waals surface area contributed by atoms with Gasteiger partial charge in [-0.15, -0.1) is 0 Å². The predicted molar refractivity (Wildman–Crippen MR) is 118 cm³/mol. The number of hydrogen-bond acceptors (Lipinski definition) is 8. The highest BCUT2D eigenvalue weighted by molar-refractivity contribution is 5.90. The second-order valence-electron chi connectivity index (χ2n) is 10.7. The summed E-state index contributed by atoms with van der Waals surface area (Å²) in [5, 5.41) is 29.8. The average molecular weight is 465 g/mol. The number of carbonyl (C=O) groups is 2. The van der Waals surface area contributed by atoms with Gasteiger partial charge in [0.1, 0.15) is 24.9 Å². The lowest BCUT2D eigenvalue weighted by molar-refractivity contribution is -0.261. The van der Waals surface area contributed by atoms with Gasteiger partial charge < -0.3 is 29.5 Å². The molecule has 0 aromatic heterocycles. The summed E-state index contributed by atoms with van der Waals surface area (Å²) in [7, 11) is 0. The Kier molecular flexibility index (Phi) is 6.75. The van der Waals surface area contributed by atoms with E-state index in [-0.39, 0.29) is 29.3 Å². The zero-order valence-electron chi connectivity index (χ0n) is 19.7. The van der Waals surface area contributed by atoms with Crippen LogP contribution >= 0.6 is 0 Å². The molecule has 8 atom stereocenters. The number of esters is 2. The molecule has 8 nitrogen and oxygen atoms in total. The number of fused-ring (bicyclic) bond motifs is 1. The fourth-order valence-corrected chi connectivity index (χ4v) is 6.47. The van der Waals surface area contributed by atoms with E-state index >= 15 is 0 Å². The number of ether oxygens (including phenoxy) is 3. The van der Waals surface area contributed by atoms with Gasteiger partial charge >= 0.3 is 11.9 Å². The summed E-state index contributed by atoms with van der Waals surface area (Å²) in [6.45, 7) is 6.86. The molecule has 1 saturated carbocycles. The number of rotatable bonds is 5. The van der Waals surface area contributed by atoms with Gasteiger partial charge in [-0.3, -0.25) is 0 Å². The Morgan fingerprint density at radius 2 is 1.97 bits per heavy atom. The van der Waals surface area contributed by atoms with Crippen molar-refractivity contribution in [2.24, 2.45) is 22.7 Å². The average Bonchev–Trinajstić information content (AvgIpc) is 3.20. The molecule has 184 valence electrons. The fourth-order valence-electron chi connectivity index (χ4n) is 6.47. The molecule has 0 unspecified atom stereocenters. The molecule has 0 bridgehead atoms. The Hall–Kier alpha value is -1.74. The quantitative estimate of drug-likeness (QED) is 0.528. The Morgan fingerprint density at radius 1 is 1.21 bits per heavy atom. The third kappa shape index (κ3) is 4.38. The third-order valence-corrected chi connectivity index (χ3v) is 8.81. The lowest BCUT2D eigenvalue weighted by atomic mass is 9.46. The third-order valence-electron chi connectivity index (χ3n) is 8.81. The number of aliphatic hydroxyl groups excluding tert-OH is 3. The van der Waals surface area contributed by atoms with E-state index < -0.39 is 30.6 Å². The van der Waals surface area contributed by atoms with Crippen LogP contribution in [0.5, 0.6) is 0 Å². The number of cyclic esters (lactones) is 1. The molecule has 2 heterocycles. The highest BCUT2D eigenvalue weighted by Gasteiger charge is 2.56. The second-order valence-corrected chi connectivity index (χ2v) is 10.7. The molecule has 0 aromatic rings. The molecule has 0 amide bonds. The van der Waals surface area contributed by atoms with Crippen LogP contribution in [-0.4, -0.2) is 65.1 Å². The molecule has 4 rings (SSSR count). The summed E-state index contributed by atoms with van der Waals surface area (Å²) in [5.41, 5.74) is 1.22. The van der Waals surface area contributed by atoms with Crippen LogP contribution in [0.15, 0.2) is 23.3 Å². The van der Waals surface area contributed by atoms with Crippen molar-refractivity contribution in [3.05, 3.63) is 23.3 Å². The van der Waals surface area contributed by atoms with Crippen LogP contribution in [0.4, 0.5) is 0 Å². The van der Waals surface area contributed by atoms with Gasteiger partial charge in [0.25, 0.3) is 0 Å². The van der Waals surface area contributed by atoms with Crippen molar-refractivity contribution >= 4 is 11.9 Å². The zero-order chi connectivity index (χ0) is 24.0. The molecular formula is C25H36O8. The first-order valence-corrected chi connectivity index (χ1v) is 12.0. The van der Waals surface area contributed by atoms with Crippen molar-refractivity contribution in [1.29, 1.82) is 0 Å². The topological polar surface area (TPSA) is 123 Å². The van der Waals surface area contributed by atoms with Gasteiger partial charge in [-0.2, -0.15) is 0 Å². The number of aliphatic hydroxyl groups is 3. The summed E-state index contributed by atoms with van der Waals surface area (Å²) in [5.74, 6) is -0.0921. The summed E-state index contributed by atoms with van der Waals surface area (Å²) in [6.07, 6.45) is 3.32. The second kappa shape index (κ2) is 9.13. The lowest BCUT2D eigenvalue weighted by Gasteiger charge is -2.58. The van der Waals surface area contributed by atoms with E-state index in [4.69, 9.17) is 14.2 Å². The van der Waals surface area contributed by atoms with Crippen LogP contribution in [0, 0.1) is 22.7 Å². The summed E-state index contributed by atoms with van der Waals surface area (Å²) in [6, 6.07) is 0. The van der Waals surface area contributed by atoms with Crippen LogP contribution in [0.3, 0.4) is 0 Å². The van der Waals surface area contributed by atoms with E-state index in [0.717, 1.165) is 44.1 Å². The van der Waals surface area contributed by atoms with Gasteiger partial charge in [0, 0.05) is 17.1 Å². The molecule has 2 aliphatic heterocycles. The van der Waals surface area contributed by atoms with E-state index in [9.17, 15) is 24.9 Å². The van der Waals surface area contributed by atoms with Gasteiger partial charge in [-0.05, 0) is 61.3 Å². The lowest BCUT2D eigenvalue weighted by Crippen LogP contribution is -2.55. The predicted octanol–water partition coefficient (Wildman–Crippen LogP) is 2.01. The molecule has 0 aromatic carbocycles. The maximum Gasteiger partial charge on any atom is 0.336 e.